The van der Waals surface area contributed by atoms with E-state index in [1.807, 2.05) is 24.3 Å². The van der Waals surface area contributed by atoms with E-state index in [1.54, 1.807) is 0 Å². The van der Waals surface area contributed by atoms with Crippen LogP contribution in [-0.4, -0.2) is 34.4 Å². The predicted octanol–water partition coefficient (Wildman–Crippen LogP) is 3.47. The molecule has 4 rings (SSSR count). The summed E-state index contributed by atoms with van der Waals surface area (Å²) in [5.74, 6) is -1.41. The molecule has 2 amide bonds. The third-order valence-corrected chi connectivity index (χ3v) is 5.56. The average molecular weight is 448 g/mol. The number of para-hydroxylation sites is 1. The molecule has 0 unspecified atom stereocenters. The first-order valence-corrected chi connectivity index (χ1v) is 10.9. The van der Waals surface area contributed by atoms with Crippen molar-refractivity contribution in [3.63, 3.8) is 0 Å². The van der Waals surface area contributed by atoms with Gasteiger partial charge in [0.15, 0.2) is 0 Å². The van der Waals surface area contributed by atoms with Crippen molar-refractivity contribution in [2.45, 2.75) is 25.9 Å². The van der Waals surface area contributed by atoms with Crippen LogP contribution in [0.15, 0.2) is 71.7 Å². The number of rotatable bonds is 7. The second-order valence-corrected chi connectivity index (χ2v) is 8.00. The molecule has 7 nitrogen and oxygen atoms in total. The van der Waals surface area contributed by atoms with E-state index in [1.165, 1.54) is 60.0 Å². The largest absolute Gasteiger partial charge is 0.324 e. The maximum Gasteiger partial charge on any atom is 0.263 e. The molecule has 1 aromatic heterocycles. The van der Waals surface area contributed by atoms with Gasteiger partial charge in [-0.2, -0.15) is 0 Å². The van der Waals surface area contributed by atoms with Crippen LogP contribution in [0.4, 0.5) is 15.8 Å². The van der Waals surface area contributed by atoms with Gasteiger partial charge in [0.05, 0.1) is 0 Å². The lowest BCUT2D eigenvalue weighted by atomic mass is 10.1. The molecule has 0 atom stereocenters. The molecule has 0 saturated carbocycles. The van der Waals surface area contributed by atoms with Gasteiger partial charge in [0.1, 0.15) is 17.9 Å². The highest BCUT2D eigenvalue weighted by Crippen LogP contribution is 2.20. The number of hydrogen-bond acceptors (Lipinski definition) is 4. The standard InChI is InChI=1S/C25H25FN4O3/c26-19-9-11-20(12-10-19)27-24(32)21-7-5-15-30(25(21)33)17-23(31)28-22-8-2-1-6-18(22)16-29-13-3-4-14-29/h1-2,5-12,15H,3-4,13-14,16-17H2,(H,27,32)(H,28,31). The zero-order valence-electron chi connectivity index (χ0n) is 18.1. The summed E-state index contributed by atoms with van der Waals surface area (Å²) in [5.41, 5.74) is 1.41. The topological polar surface area (TPSA) is 83.4 Å². The third-order valence-electron chi connectivity index (χ3n) is 5.56. The molecule has 0 radical (unpaired) electrons. The number of amides is 2. The molecule has 2 aromatic carbocycles. The fraction of sp³-hybridized carbons (Fsp3) is 0.240. The Bertz CT molecular complexity index is 1200. The van der Waals surface area contributed by atoms with Gasteiger partial charge in [0, 0.05) is 24.1 Å². The number of carbonyl (C=O) groups excluding carboxylic acids is 2. The Morgan fingerprint density at radius 2 is 1.64 bits per heavy atom. The Morgan fingerprint density at radius 3 is 2.39 bits per heavy atom. The predicted molar refractivity (Wildman–Crippen MR) is 125 cm³/mol. The van der Waals surface area contributed by atoms with Gasteiger partial charge in [0.25, 0.3) is 11.5 Å². The number of nitrogens with zero attached hydrogens (tertiary/aromatic N) is 2. The number of nitrogens with one attached hydrogen (secondary N) is 2. The van der Waals surface area contributed by atoms with Crippen LogP contribution in [0.3, 0.4) is 0 Å². The highest BCUT2D eigenvalue weighted by Gasteiger charge is 2.16. The van der Waals surface area contributed by atoms with Crippen LogP contribution in [-0.2, 0) is 17.9 Å². The van der Waals surface area contributed by atoms with E-state index in [-0.39, 0.29) is 18.0 Å². The Hall–Kier alpha value is -3.78. The number of hydrogen-bond donors (Lipinski definition) is 2. The molecule has 33 heavy (non-hydrogen) atoms. The number of likely N-dealkylation sites (tertiary alicyclic amines) is 1. The van der Waals surface area contributed by atoms with Crippen molar-refractivity contribution in [3.8, 4) is 0 Å². The lowest BCUT2D eigenvalue weighted by molar-refractivity contribution is -0.116. The molecule has 1 aliphatic rings. The van der Waals surface area contributed by atoms with E-state index in [2.05, 4.69) is 15.5 Å². The van der Waals surface area contributed by atoms with Crippen molar-refractivity contribution in [3.05, 3.63) is 94.2 Å². The molecular weight excluding hydrogens is 423 g/mol. The summed E-state index contributed by atoms with van der Waals surface area (Å²) in [5, 5.41) is 5.46. The van der Waals surface area contributed by atoms with Crippen LogP contribution < -0.4 is 16.2 Å². The summed E-state index contributed by atoms with van der Waals surface area (Å²) in [6.45, 7) is 2.62. The molecule has 170 valence electrons. The van der Waals surface area contributed by atoms with Crippen molar-refractivity contribution >= 4 is 23.2 Å². The minimum absolute atomic E-state index is 0.107. The van der Waals surface area contributed by atoms with Crippen LogP contribution in [0.2, 0.25) is 0 Å². The van der Waals surface area contributed by atoms with Crippen LogP contribution in [0.5, 0.6) is 0 Å². The van der Waals surface area contributed by atoms with Gasteiger partial charge in [0.2, 0.25) is 5.91 Å². The second-order valence-electron chi connectivity index (χ2n) is 8.00. The average Bonchev–Trinajstić information content (AvgIpc) is 3.31. The van der Waals surface area contributed by atoms with Gasteiger partial charge >= 0.3 is 0 Å². The molecule has 1 aliphatic heterocycles. The molecule has 2 N–H and O–H groups in total. The van der Waals surface area contributed by atoms with Crippen molar-refractivity contribution in [2.24, 2.45) is 0 Å². The van der Waals surface area contributed by atoms with Gasteiger partial charge in [-0.25, -0.2) is 4.39 Å². The summed E-state index contributed by atoms with van der Waals surface area (Å²) in [4.78, 5) is 40.4. The van der Waals surface area contributed by atoms with Gasteiger partial charge < -0.3 is 15.2 Å². The lowest BCUT2D eigenvalue weighted by Crippen LogP contribution is -2.32. The number of pyridine rings is 1. The van der Waals surface area contributed by atoms with E-state index < -0.39 is 17.3 Å². The minimum Gasteiger partial charge on any atom is -0.324 e. The Kier molecular flexibility index (Phi) is 6.95. The molecule has 3 aromatic rings. The highest BCUT2D eigenvalue weighted by molar-refractivity contribution is 6.04. The lowest BCUT2D eigenvalue weighted by Gasteiger charge is -2.18. The van der Waals surface area contributed by atoms with Crippen LogP contribution in [0.25, 0.3) is 0 Å². The van der Waals surface area contributed by atoms with Crippen LogP contribution in [0, 0.1) is 5.82 Å². The van der Waals surface area contributed by atoms with Crippen molar-refractivity contribution < 1.29 is 14.0 Å². The quantitative estimate of drug-likeness (QED) is 0.580. The van der Waals surface area contributed by atoms with E-state index in [4.69, 9.17) is 0 Å². The molecule has 8 heteroatoms. The maximum atomic E-state index is 13.1. The zero-order chi connectivity index (χ0) is 23.2. The summed E-state index contributed by atoms with van der Waals surface area (Å²) >= 11 is 0. The monoisotopic (exact) mass is 448 g/mol. The van der Waals surface area contributed by atoms with Gasteiger partial charge in [-0.1, -0.05) is 18.2 Å². The molecule has 0 spiro atoms. The fourth-order valence-corrected chi connectivity index (χ4v) is 3.87. The number of benzene rings is 2. The summed E-state index contributed by atoms with van der Waals surface area (Å²) < 4.78 is 14.3. The molecule has 0 bridgehead atoms. The van der Waals surface area contributed by atoms with Crippen molar-refractivity contribution in [1.82, 2.24) is 9.47 Å². The van der Waals surface area contributed by atoms with E-state index in [0.717, 1.165) is 25.2 Å². The molecule has 1 saturated heterocycles. The van der Waals surface area contributed by atoms with E-state index in [9.17, 15) is 18.8 Å². The minimum atomic E-state index is -0.627. The first-order valence-electron chi connectivity index (χ1n) is 10.9. The first-order chi connectivity index (χ1) is 16.0. The van der Waals surface area contributed by atoms with Crippen molar-refractivity contribution in [2.75, 3.05) is 23.7 Å². The van der Waals surface area contributed by atoms with Crippen molar-refractivity contribution in [1.29, 1.82) is 0 Å². The number of aromatic nitrogens is 1. The van der Waals surface area contributed by atoms with Gasteiger partial charge in [-0.05, 0) is 74.0 Å². The summed E-state index contributed by atoms with van der Waals surface area (Å²) in [6, 6.07) is 15.8. The third kappa shape index (κ3) is 5.72. The number of carbonyl (C=O) groups is 2. The zero-order valence-corrected chi connectivity index (χ0v) is 18.1. The van der Waals surface area contributed by atoms with E-state index in [0.29, 0.717) is 11.4 Å². The first kappa shape index (κ1) is 22.4. The SMILES string of the molecule is O=C(Cn1cccc(C(=O)Nc2ccc(F)cc2)c1=O)Nc1ccccc1CN1CCCC1. The molecule has 0 aliphatic carbocycles. The highest BCUT2D eigenvalue weighted by atomic mass is 19.1. The van der Waals surface area contributed by atoms with Gasteiger partial charge in [-0.3, -0.25) is 19.3 Å². The van der Waals surface area contributed by atoms with Crippen LogP contribution >= 0.6 is 0 Å². The van der Waals surface area contributed by atoms with E-state index >= 15 is 0 Å². The Labute approximate surface area is 190 Å². The molecule has 1 fully saturated rings. The Balaban J connectivity index is 1.44. The van der Waals surface area contributed by atoms with Crippen LogP contribution in [0.1, 0.15) is 28.8 Å². The number of anilines is 2. The summed E-state index contributed by atoms with van der Waals surface area (Å²) in [7, 11) is 0. The second kappa shape index (κ2) is 10.2. The smallest absolute Gasteiger partial charge is 0.263 e. The normalized spacial score (nSPS) is 13.6. The van der Waals surface area contributed by atoms with Gasteiger partial charge in [-0.15, -0.1) is 0 Å². The maximum absolute atomic E-state index is 13.1. The Morgan fingerprint density at radius 1 is 0.909 bits per heavy atom. The molecular formula is C25H25FN4O3. The molecule has 2 heterocycles. The fourth-order valence-electron chi connectivity index (χ4n) is 3.87. The number of halogens is 1. The summed E-state index contributed by atoms with van der Waals surface area (Å²) in [6.07, 6.45) is 3.83.